The molecule has 0 saturated heterocycles. The normalized spacial score (nSPS) is 11.3. The zero-order chi connectivity index (χ0) is 14.4. The van der Waals surface area contributed by atoms with E-state index in [1.165, 1.54) is 12.4 Å². The van der Waals surface area contributed by atoms with Crippen molar-refractivity contribution in [2.24, 2.45) is 10.2 Å². The molecule has 0 aliphatic carbocycles. The molecule has 0 fully saturated rings. The first-order chi connectivity index (χ1) is 9.63. The predicted octanol–water partition coefficient (Wildman–Crippen LogP) is 2.66. The summed E-state index contributed by atoms with van der Waals surface area (Å²) >= 11 is 11.2. The predicted molar refractivity (Wildman–Crippen MR) is 76.6 cm³/mol. The second-order valence-corrected chi connectivity index (χ2v) is 4.14. The van der Waals surface area contributed by atoms with Crippen LogP contribution < -0.4 is 10.9 Å². The number of furan rings is 2. The summed E-state index contributed by atoms with van der Waals surface area (Å²) in [6, 6.07) is 6.46. The highest BCUT2D eigenvalue weighted by Gasteiger charge is 1.96. The summed E-state index contributed by atoms with van der Waals surface area (Å²) in [5.74, 6) is 0.792. The van der Waals surface area contributed by atoms with E-state index in [1.54, 1.807) is 24.3 Å². The second-order valence-electron chi connectivity index (χ2n) is 3.40. The monoisotopic (exact) mass is 313 g/mol. The lowest BCUT2D eigenvalue weighted by molar-refractivity contribution is 0.562. The van der Waals surface area contributed by atoms with Crippen molar-refractivity contribution >= 4 is 41.6 Å². The maximum Gasteiger partial charge on any atom is 0.230 e. The lowest BCUT2D eigenvalue weighted by atomic mass is 10.5. The van der Waals surface area contributed by atoms with E-state index in [9.17, 15) is 0 Å². The van der Waals surface area contributed by atoms with Gasteiger partial charge in [-0.25, -0.2) is 10.9 Å². The van der Waals surface area contributed by atoms with Gasteiger partial charge in [0.1, 0.15) is 11.5 Å². The lowest BCUT2D eigenvalue weighted by Gasteiger charge is -1.99. The molecule has 2 heterocycles. The van der Waals surface area contributed by atoms with Crippen molar-refractivity contribution in [3.63, 3.8) is 0 Å². The van der Waals surface area contributed by atoms with E-state index in [0.717, 1.165) is 0 Å². The molecule has 0 aliphatic rings. The highest BCUT2D eigenvalue weighted by molar-refractivity contribution is 6.29. The van der Waals surface area contributed by atoms with Crippen LogP contribution in [0.3, 0.4) is 0 Å². The van der Waals surface area contributed by atoms with Crippen LogP contribution in [-0.2, 0) is 0 Å². The number of hydrogen-bond donors (Lipinski definition) is 3. The van der Waals surface area contributed by atoms with Crippen molar-refractivity contribution in [2.75, 3.05) is 0 Å². The fourth-order valence-electron chi connectivity index (χ4n) is 1.14. The molecule has 7 nitrogen and oxygen atoms in total. The van der Waals surface area contributed by atoms with Crippen molar-refractivity contribution in [2.45, 2.75) is 0 Å². The Hall–Kier alpha value is -2.25. The van der Waals surface area contributed by atoms with Gasteiger partial charge < -0.3 is 8.83 Å². The van der Waals surface area contributed by atoms with Crippen LogP contribution >= 0.6 is 23.2 Å². The molecule has 2 aromatic rings. The van der Waals surface area contributed by atoms with Crippen LogP contribution in [0.15, 0.2) is 43.3 Å². The number of rotatable bonds is 4. The Kier molecular flexibility index (Phi) is 4.80. The average Bonchev–Trinajstić information content (AvgIpc) is 2.99. The Bertz CT molecular complexity index is 593. The van der Waals surface area contributed by atoms with Crippen LogP contribution in [0.1, 0.15) is 11.5 Å². The van der Waals surface area contributed by atoms with Crippen LogP contribution in [-0.4, -0.2) is 18.4 Å². The third-order valence-electron chi connectivity index (χ3n) is 1.92. The van der Waals surface area contributed by atoms with Gasteiger partial charge in [-0.05, 0) is 47.5 Å². The Morgan fingerprint density at radius 1 is 0.950 bits per heavy atom. The van der Waals surface area contributed by atoms with E-state index in [-0.39, 0.29) is 16.4 Å². The first kappa shape index (κ1) is 14.2. The standard InChI is InChI=1S/C11H9Cl2N5O2/c12-9-3-1-7(19-9)5-15-17-11(14)18-16-6-8-2-4-10(13)20-8/h1-6H,(H3,14,17,18)/b15-5+,16-6+. The number of hydrazone groups is 2. The molecule has 20 heavy (non-hydrogen) atoms. The molecule has 3 N–H and O–H groups in total. The highest BCUT2D eigenvalue weighted by Crippen LogP contribution is 2.11. The molecule has 104 valence electrons. The molecule has 0 bridgehead atoms. The number of hydrogen-bond acceptors (Lipinski definition) is 5. The van der Waals surface area contributed by atoms with Gasteiger partial charge in [-0.3, -0.25) is 5.41 Å². The van der Waals surface area contributed by atoms with Crippen molar-refractivity contribution in [1.82, 2.24) is 10.9 Å². The molecule has 0 spiro atoms. The van der Waals surface area contributed by atoms with Gasteiger partial charge in [0.2, 0.25) is 5.96 Å². The van der Waals surface area contributed by atoms with E-state index in [0.29, 0.717) is 11.5 Å². The van der Waals surface area contributed by atoms with Crippen molar-refractivity contribution in [3.05, 3.63) is 46.2 Å². The van der Waals surface area contributed by atoms with Crippen molar-refractivity contribution in [3.8, 4) is 0 Å². The molecule has 0 radical (unpaired) electrons. The fourth-order valence-corrected chi connectivity index (χ4v) is 1.45. The Labute approximate surface area is 123 Å². The number of nitrogens with one attached hydrogen (secondary N) is 3. The molecule has 0 amide bonds. The summed E-state index contributed by atoms with van der Waals surface area (Å²) in [7, 11) is 0. The smallest absolute Gasteiger partial charge is 0.230 e. The summed E-state index contributed by atoms with van der Waals surface area (Å²) in [4.78, 5) is 0. The summed E-state index contributed by atoms with van der Waals surface area (Å²) in [6.45, 7) is 0. The maximum atomic E-state index is 7.47. The first-order valence-electron chi connectivity index (χ1n) is 5.31. The highest BCUT2D eigenvalue weighted by atomic mass is 35.5. The molecule has 2 aromatic heterocycles. The third kappa shape index (κ3) is 4.45. The van der Waals surface area contributed by atoms with Crippen LogP contribution in [0.2, 0.25) is 10.4 Å². The number of nitrogens with zero attached hydrogens (tertiary/aromatic N) is 2. The topological polar surface area (TPSA) is 98.9 Å². The molecule has 0 atom stereocenters. The van der Waals surface area contributed by atoms with Gasteiger partial charge in [0.05, 0.1) is 12.4 Å². The van der Waals surface area contributed by atoms with Gasteiger partial charge >= 0.3 is 0 Å². The molecule has 0 unspecified atom stereocenters. The van der Waals surface area contributed by atoms with E-state index >= 15 is 0 Å². The van der Waals surface area contributed by atoms with Crippen LogP contribution in [0.5, 0.6) is 0 Å². The van der Waals surface area contributed by atoms with E-state index in [1.807, 2.05) is 0 Å². The van der Waals surface area contributed by atoms with E-state index in [4.69, 9.17) is 37.4 Å². The van der Waals surface area contributed by atoms with Crippen LogP contribution in [0.4, 0.5) is 0 Å². The minimum Gasteiger partial charge on any atom is -0.444 e. The van der Waals surface area contributed by atoms with Gasteiger partial charge in [0, 0.05) is 0 Å². The minimum absolute atomic E-state index is 0.132. The zero-order valence-electron chi connectivity index (χ0n) is 9.93. The van der Waals surface area contributed by atoms with Gasteiger partial charge in [0.15, 0.2) is 10.4 Å². The van der Waals surface area contributed by atoms with Crippen LogP contribution in [0, 0.1) is 5.41 Å². The van der Waals surface area contributed by atoms with Crippen LogP contribution in [0.25, 0.3) is 0 Å². The van der Waals surface area contributed by atoms with Gasteiger partial charge in [-0.2, -0.15) is 10.2 Å². The van der Waals surface area contributed by atoms with Crippen molar-refractivity contribution in [1.29, 1.82) is 5.41 Å². The molecular formula is C11H9Cl2N5O2. The van der Waals surface area contributed by atoms with Crippen molar-refractivity contribution < 1.29 is 8.83 Å². The molecule has 0 aromatic carbocycles. The molecule has 2 rings (SSSR count). The quantitative estimate of drug-likeness (QED) is 0.459. The summed E-state index contributed by atoms with van der Waals surface area (Å²) in [5, 5.41) is 15.5. The first-order valence-corrected chi connectivity index (χ1v) is 6.06. The SMILES string of the molecule is N=C(N/N=C/c1ccc(Cl)o1)N/N=C/c1ccc(Cl)o1. The summed E-state index contributed by atoms with van der Waals surface area (Å²) < 4.78 is 10.1. The molecule has 0 aliphatic heterocycles. The fraction of sp³-hybridized carbons (Fsp3) is 0. The molecular weight excluding hydrogens is 305 g/mol. The van der Waals surface area contributed by atoms with E-state index in [2.05, 4.69) is 21.1 Å². The maximum absolute atomic E-state index is 7.47. The largest absolute Gasteiger partial charge is 0.444 e. The molecule has 9 heteroatoms. The average molecular weight is 314 g/mol. The second kappa shape index (κ2) is 6.78. The van der Waals surface area contributed by atoms with Gasteiger partial charge in [-0.15, -0.1) is 0 Å². The third-order valence-corrected chi connectivity index (χ3v) is 2.33. The van der Waals surface area contributed by atoms with E-state index < -0.39 is 0 Å². The van der Waals surface area contributed by atoms with Gasteiger partial charge in [0.25, 0.3) is 0 Å². The lowest BCUT2D eigenvalue weighted by Crippen LogP contribution is -2.29. The summed E-state index contributed by atoms with van der Waals surface area (Å²) in [6.07, 6.45) is 2.75. The Morgan fingerprint density at radius 2 is 1.40 bits per heavy atom. The Balaban J connectivity index is 1.75. The number of guanidine groups is 1. The molecule has 0 saturated carbocycles. The zero-order valence-corrected chi connectivity index (χ0v) is 11.4. The van der Waals surface area contributed by atoms with Gasteiger partial charge in [-0.1, -0.05) is 0 Å². The minimum atomic E-state index is -0.132. The summed E-state index contributed by atoms with van der Waals surface area (Å²) in [5.41, 5.74) is 4.80. The number of halogens is 2. The Morgan fingerprint density at radius 3 is 1.75 bits per heavy atom.